The molecule has 0 spiro atoms. The summed E-state index contributed by atoms with van der Waals surface area (Å²) in [5.74, 6) is 0.134. The topological polar surface area (TPSA) is 57.5 Å². The van der Waals surface area contributed by atoms with Gasteiger partial charge in [0.2, 0.25) is 0 Å². The highest BCUT2D eigenvalue weighted by Gasteiger charge is 2.37. The molecule has 0 aliphatic heterocycles. The fourth-order valence-electron chi connectivity index (χ4n) is 3.02. The molecule has 4 atom stereocenters. The lowest BCUT2D eigenvalue weighted by Crippen LogP contribution is -2.35. The Balaban J connectivity index is 2.01. The second-order valence-electron chi connectivity index (χ2n) is 4.60. The SMILES string of the molecule is O=C(O)[C@H]1CC2C[C@@H](O)C[C@@H](C2)C1. The van der Waals surface area contributed by atoms with Gasteiger partial charge in [-0.2, -0.15) is 0 Å². The van der Waals surface area contributed by atoms with Crippen molar-refractivity contribution < 1.29 is 15.0 Å². The molecule has 1 unspecified atom stereocenters. The van der Waals surface area contributed by atoms with E-state index in [1.807, 2.05) is 0 Å². The number of aliphatic hydroxyl groups is 1. The Kier molecular flexibility index (Phi) is 2.28. The molecular formula is C10H16O3. The number of carboxylic acid groups (broad SMARTS) is 1. The van der Waals surface area contributed by atoms with Crippen molar-refractivity contribution in [3.8, 4) is 0 Å². The van der Waals surface area contributed by atoms with Crippen molar-refractivity contribution in [2.45, 2.75) is 38.2 Å². The standard InChI is InChI=1S/C10H16O3/c11-9-4-6-1-7(5-9)3-8(2-6)10(12)13/h6-9,11H,1-5H2,(H,12,13)/t6-,7?,8+,9-/m0/s1. The van der Waals surface area contributed by atoms with E-state index in [-0.39, 0.29) is 12.0 Å². The number of carboxylic acids is 1. The molecule has 0 aromatic carbocycles. The van der Waals surface area contributed by atoms with Crippen LogP contribution in [0.4, 0.5) is 0 Å². The van der Waals surface area contributed by atoms with Gasteiger partial charge in [0.15, 0.2) is 0 Å². The Hall–Kier alpha value is -0.570. The van der Waals surface area contributed by atoms with Crippen molar-refractivity contribution >= 4 is 5.97 Å². The molecule has 0 radical (unpaired) electrons. The van der Waals surface area contributed by atoms with E-state index in [1.165, 1.54) is 0 Å². The maximum absolute atomic E-state index is 10.8. The average Bonchev–Trinajstić information content (AvgIpc) is 2.01. The van der Waals surface area contributed by atoms with Gasteiger partial charge in [-0.25, -0.2) is 0 Å². The molecule has 0 amide bonds. The van der Waals surface area contributed by atoms with Gasteiger partial charge in [0, 0.05) is 0 Å². The van der Waals surface area contributed by atoms with Crippen LogP contribution in [0.1, 0.15) is 32.1 Å². The van der Waals surface area contributed by atoms with Crippen molar-refractivity contribution in [3.63, 3.8) is 0 Å². The van der Waals surface area contributed by atoms with Gasteiger partial charge >= 0.3 is 5.97 Å². The first-order chi connectivity index (χ1) is 6.15. The first-order valence-corrected chi connectivity index (χ1v) is 5.06. The molecule has 74 valence electrons. The highest BCUT2D eigenvalue weighted by Crippen LogP contribution is 2.42. The Bertz CT molecular complexity index is 196. The Labute approximate surface area is 77.8 Å². The number of aliphatic carboxylic acids is 1. The molecule has 0 saturated heterocycles. The molecule has 3 nitrogen and oxygen atoms in total. The van der Waals surface area contributed by atoms with Crippen LogP contribution < -0.4 is 0 Å². The van der Waals surface area contributed by atoms with Crippen LogP contribution in [0.5, 0.6) is 0 Å². The van der Waals surface area contributed by atoms with Gasteiger partial charge in [0.25, 0.3) is 0 Å². The van der Waals surface area contributed by atoms with E-state index in [4.69, 9.17) is 5.11 Å². The number of carbonyl (C=O) groups is 1. The molecule has 2 rings (SSSR count). The molecule has 2 N–H and O–H groups in total. The quantitative estimate of drug-likeness (QED) is 0.645. The number of rotatable bonds is 1. The van der Waals surface area contributed by atoms with E-state index in [9.17, 15) is 9.90 Å². The normalized spacial score (nSPS) is 44.4. The summed E-state index contributed by atoms with van der Waals surface area (Å²) in [6, 6.07) is 0. The van der Waals surface area contributed by atoms with Gasteiger partial charge in [-0.15, -0.1) is 0 Å². The molecule has 2 aliphatic carbocycles. The summed E-state index contributed by atoms with van der Waals surface area (Å²) in [5.41, 5.74) is 0. The maximum Gasteiger partial charge on any atom is 0.306 e. The summed E-state index contributed by atoms with van der Waals surface area (Å²) in [4.78, 5) is 10.8. The molecule has 2 fully saturated rings. The van der Waals surface area contributed by atoms with Crippen molar-refractivity contribution in [1.82, 2.24) is 0 Å². The van der Waals surface area contributed by atoms with E-state index in [0.29, 0.717) is 11.8 Å². The predicted octanol–water partition coefficient (Wildman–Crippen LogP) is 1.26. The summed E-state index contributed by atoms with van der Waals surface area (Å²) in [6.45, 7) is 0. The van der Waals surface area contributed by atoms with Gasteiger partial charge in [-0.3, -0.25) is 4.79 Å². The van der Waals surface area contributed by atoms with Crippen LogP contribution in [-0.2, 0) is 4.79 Å². The molecule has 2 aliphatic rings. The lowest BCUT2D eigenvalue weighted by Gasteiger charge is -2.39. The third kappa shape index (κ3) is 1.85. The number of hydrogen-bond donors (Lipinski definition) is 2. The number of aliphatic hydroxyl groups excluding tert-OH is 1. The summed E-state index contributed by atoms with van der Waals surface area (Å²) >= 11 is 0. The molecule has 2 saturated carbocycles. The van der Waals surface area contributed by atoms with Crippen molar-refractivity contribution in [2.24, 2.45) is 17.8 Å². The minimum absolute atomic E-state index is 0.142. The van der Waals surface area contributed by atoms with Crippen molar-refractivity contribution in [1.29, 1.82) is 0 Å². The lowest BCUT2D eigenvalue weighted by atomic mass is 9.67. The van der Waals surface area contributed by atoms with Gasteiger partial charge in [-0.1, -0.05) is 0 Å². The van der Waals surface area contributed by atoms with Crippen LogP contribution in [0, 0.1) is 17.8 Å². The third-order valence-electron chi connectivity index (χ3n) is 3.46. The van der Waals surface area contributed by atoms with E-state index in [1.54, 1.807) is 0 Å². The fraction of sp³-hybridized carbons (Fsp3) is 0.900. The smallest absolute Gasteiger partial charge is 0.306 e. The largest absolute Gasteiger partial charge is 0.481 e. The summed E-state index contributed by atoms with van der Waals surface area (Å²) in [5, 5.41) is 18.4. The lowest BCUT2D eigenvalue weighted by molar-refractivity contribution is -0.145. The first kappa shape index (κ1) is 9.00. The zero-order chi connectivity index (χ0) is 9.42. The third-order valence-corrected chi connectivity index (χ3v) is 3.46. The van der Waals surface area contributed by atoms with Gasteiger partial charge in [0.05, 0.1) is 12.0 Å². The zero-order valence-corrected chi connectivity index (χ0v) is 7.65. The second kappa shape index (κ2) is 3.29. The van der Waals surface area contributed by atoms with Crippen LogP contribution in [0.3, 0.4) is 0 Å². The average molecular weight is 184 g/mol. The molecule has 0 aromatic heterocycles. The fourth-order valence-corrected chi connectivity index (χ4v) is 3.02. The van der Waals surface area contributed by atoms with Crippen LogP contribution in [-0.4, -0.2) is 22.3 Å². The number of fused-ring (bicyclic) bond motifs is 2. The summed E-state index contributed by atoms with van der Waals surface area (Å²) in [6.07, 6.45) is 4.17. The molecule has 0 heterocycles. The van der Waals surface area contributed by atoms with Crippen LogP contribution in [0.15, 0.2) is 0 Å². The zero-order valence-electron chi connectivity index (χ0n) is 7.65. The van der Waals surface area contributed by atoms with E-state index < -0.39 is 5.97 Å². The molecule has 13 heavy (non-hydrogen) atoms. The molecular weight excluding hydrogens is 168 g/mol. The van der Waals surface area contributed by atoms with Crippen molar-refractivity contribution in [3.05, 3.63) is 0 Å². The Morgan fingerprint density at radius 1 is 1.00 bits per heavy atom. The van der Waals surface area contributed by atoms with E-state index in [0.717, 1.165) is 32.1 Å². The van der Waals surface area contributed by atoms with Gasteiger partial charge in [-0.05, 0) is 43.9 Å². The maximum atomic E-state index is 10.8. The number of hydrogen-bond acceptors (Lipinski definition) is 2. The molecule has 0 aromatic rings. The van der Waals surface area contributed by atoms with Gasteiger partial charge in [0.1, 0.15) is 0 Å². The minimum Gasteiger partial charge on any atom is -0.481 e. The van der Waals surface area contributed by atoms with E-state index >= 15 is 0 Å². The van der Waals surface area contributed by atoms with E-state index in [2.05, 4.69) is 0 Å². The molecule has 3 heteroatoms. The highest BCUT2D eigenvalue weighted by molar-refractivity contribution is 5.70. The van der Waals surface area contributed by atoms with Crippen LogP contribution in [0.2, 0.25) is 0 Å². The summed E-state index contributed by atoms with van der Waals surface area (Å²) < 4.78 is 0. The summed E-state index contributed by atoms with van der Waals surface area (Å²) in [7, 11) is 0. The highest BCUT2D eigenvalue weighted by atomic mass is 16.4. The Morgan fingerprint density at radius 2 is 1.54 bits per heavy atom. The predicted molar refractivity (Wildman–Crippen MR) is 47.2 cm³/mol. The monoisotopic (exact) mass is 184 g/mol. The molecule has 2 bridgehead atoms. The second-order valence-corrected chi connectivity index (χ2v) is 4.60. The first-order valence-electron chi connectivity index (χ1n) is 5.06. The minimum atomic E-state index is -0.647. The Morgan fingerprint density at radius 3 is 2.00 bits per heavy atom. The van der Waals surface area contributed by atoms with Crippen LogP contribution >= 0.6 is 0 Å². The van der Waals surface area contributed by atoms with Crippen LogP contribution in [0.25, 0.3) is 0 Å². The van der Waals surface area contributed by atoms with Crippen molar-refractivity contribution in [2.75, 3.05) is 0 Å². The van der Waals surface area contributed by atoms with Gasteiger partial charge < -0.3 is 10.2 Å².